The number of aromatic nitrogens is 1. The van der Waals surface area contributed by atoms with Crippen LogP contribution in [-0.4, -0.2) is 44.3 Å². The molecule has 1 aromatic carbocycles. The molecule has 4 nitrogen and oxygen atoms in total. The van der Waals surface area contributed by atoms with Crippen molar-refractivity contribution in [3.63, 3.8) is 0 Å². The van der Waals surface area contributed by atoms with Crippen molar-refractivity contribution < 1.29 is 14.3 Å². The molecule has 2 bridgehead atoms. The number of piperidine rings is 1. The number of fused-ring (bicyclic) bond motifs is 3. The van der Waals surface area contributed by atoms with Gasteiger partial charge in [-0.1, -0.05) is 26.0 Å². The zero-order valence-corrected chi connectivity index (χ0v) is 19.0. The van der Waals surface area contributed by atoms with Gasteiger partial charge in [-0.2, -0.15) is 0 Å². The second kappa shape index (κ2) is 7.33. The van der Waals surface area contributed by atoms with Crippen LogP contribution in [0.3, 0.4) is 0 Å². The molecule has 5 heteroatoms. The van der Waals surface area contributed by atoms with Crippen LogP contribution in [-0.2, 0) is 4.79 Å². The summed E-state index contributed by atoms with van der Waals surface area (Å²) in [6, 6.07) is 6.11. The quantitative estimate of drug-likeness (QED) is 0.657. The number of aromatic amines is 1. The third-order valence-electron chi connectivity index (χ3n) is 8.14. The molecule has 3 fully saturated rings. The van der Waals surface area contributed by atoms with E-state index in [1.807, 2.05) is 18.7 Å². The molecule has 2 aliphatic carbocycles. The maximum absolute atomic E-state index is 15.5. The normalized spacial score (nSPS) is 34.2. The number of amides is 1. The highest BCUT2D eigenvalue weighted by Gasteiger charge is 2.54. The van der Waals surface area contributed by atoms with Gasteiger partial charge in [-0.05, 0) is 61.6 Å². The largest absolute Gasteiger partial charge is 0.390 e. The van der Waals surface area contributed by atoms with Crippen molar-refractivity contribution in [2.75, 3.05) is 0 Å². The number of nitrogens with zero attached hydrogens (tertiary/aromatic N) is 1. The SMILES string of the molecule is CCC1(O)CC2CC(F)(CC(C)N2C(=O)CC(C)c2c[nH]c3cccc(C4CC4)c23)C1. The Morgan fingerprint density at radius 2 is 2.10 bits per heavy atom. The van der Waals surface area contributed by atoms with Gasteiger partial charge in [0.05, 0.1) is 5.60 Å². The minimum Gasteiger partial charge on any atom is -0.390 e. The molecule has 1 amide bonds. The van der Waals surface area contributed by atoms with Gasteiger partial charge in [-0.15, -0.1) is 0 Å². The highest BCUT2D eigenvalue weighted by Crippen LogP contribution is 2.49. The molecule has 5 atom stereocenters. The van der Waals surface area contributed by atoms with E-state index in [2.05, 4.69) is 36.3 Å². The second-order valence-corrected chi connectivity index (χ2v) is 10.7. The minimum atomic E-state index is -1.36. The van der Waals surface area contributed by atoms with E-state index >= 15 is 4.39 Å². The highest BCUT2D eigenvalue weighted by molar-refractivity contribution is 5.89. The Morgan fingerprint density at radius 3 is 2.81 bits per heavy atom. The highest BCUT2D eigenvalue weighted by atomic mass is 19.1. The van der Waals surface area contributed by atoms with Crippen LogP contribution in [0.2, 0.25) is 0 Å². The molecule has 31 heavy (non-hydrogen) atoms. The number of halogens is 1. The van der Waals surface area contributed by atoms with Crippen molar-refractivity contribution in [3.8, 4) is 0 Å². The fraction of sp³-hybridized carbons (Fsp3) is 0.654. The first-order valence-corrected chi connectivity index (χ1v) is 12.0. The van der Waals surface area contributed by atoms with E-state index in [9.17, 15) is 9.90 Å². The molecular weight excluding hydrogens is 391 g/mol. The van der Waals surface area contributed by atoms with E-state index in [4.69, 9.17) is 0 Å². The van der Waals surface area contributed by atoms with Crippen LogP contribution in [0.5, 0.6) is 0 Å². The van der Waals surface area contributed by atoms with Gasteiger partial charge in [0.15, 0.2) is 0 Å². The molecule has 0 radical (unpaired) electrons. The Morgan fingerprint density at radius 1 is 1.32 bits per heavy atom. The average molecular weight is 427 g/mol. The molecule has 2 heterocycles. The molecule has 2 aromatic rings. The first-order chi connectivity index (χ1) is 14.7. The van der Waals surface area contributed by atoms with Crippen LogP contribution in [0.4, 0.5) is 4.39 Å². The fourth-order valence-corrected chi connectivity index (χ4v) is 6.57. The van der Waals surface area contributed by atoms with Crippen molar-refractivity contribution in [2.24, 2.45) is 0 Å². The number of benzene rings is 1. The van der Waals surface area contributed by atoms with E-state index in [-0.39, 0.29) is 30.3 Å². The number of carbonyl (C=O) groups excluding carboxylic acids is 1. The average Bonchev–Trinajstić information content (AvgIpc) is 3.44. The lowest BCUT2D eigenvalue weighted by Gasteiger charge is -2.54. The van der Waals surface area contributed by atoms with E-state index in [1.54, 1.807) is 0 Å². The number of rotatable bonds is 5. The predicted molar refractivity (Wildman–Crippen MR) is 121 cm³/mol. The summed E-state index contributed by atoms with van der Waals surface area (Å²) in [4.78, 5) is 18.8. The molecule has 5 rings (SSSR count). The Balaban J connectivity index is 1.38. The monoisotopic (exact) mass is 426 g/mol. The third kappa shape index (κ3) is 3.69. The summed E-state index contributed by atoms with van der Waals surface area (Å²) in [6.07, 6.45) is 6.87. The summed E-state index contributed by atoms with van der Waals surface area (Å²) in [6.45, 7) is 6.01. The number of alkyl halides is 1. The summed E-state index contributed by atoms with van der Waals surface area (Å²) in [5.74, 6) is 0.819. The molecule has 168 valence electrons. The van der Waals surface area contributed by atoms with Gasteiger partial charge >= 0.3 is 0 Å². The summed E-state index contributed by atoms with van der Waals surface area (Å²) in [5.41, 5.74) is 1.40. The Labute approximate surface area is 184 Å². The molecule has 3 aliphatic rings. The van der Waals surface area contributed by atoms with E-state index in [0.717, 1.165) is 5.52 Å². The van der Waals surface area contributed by atoms with Gasteiger partial charge in [0.25, 0.3) is 0 Å². The zero-order valence-electron chi connectivity index (χ0n) is 19.0. The molecule has 1 aromatic heterocycles. The van der Waals surface area contributed by atoms with Crippen LogP contribution in [0.25, 0.3) is 10.9 Å². The molecule has 0 spiro atoms. The van der Waals surface area contributed by atoms with Crippen molar-refractivity contribution in [1.82, 2.24) is 9.88 Å². The van der Waals surface area contributed by atoms with Crippen LogP contribution < -0.4 is 0 Å². The number of hydrogen-bond donors (Lipinski definition) is 2. The second-order valence-electron chi connectivity index (χ2n) is 10.7. The summed E-state index contributed by atoms with van der Waals surface area (Å²) >= 11 is 0. The van der Waals surface area contributed by atoms with Crippen LogP contribution in [0.15, 0.2) is 24.4 Å². The first-order valence-electron chi connectivity index (χ1n) is 12.0. The Kier molecular flexibility index (Phi) is 4.96. The summed E-state index contributed by atoms with van der Waals surface area (Å²) in [5, 5.41) is 12.2. The van der Waals surface area contributed by atoms with Gasteiger partial charge in [-0.3, -0.25) is 4.79 Å². The number of H-pyrrole nitrogens is 1. The maximum atomic E-state index is 15.5. The standard InChI is InChI=1S/C26H35FN2O2/c1-4-26(31)13-19-12-25(27,15-26)11-17(3)29(19)23(30)10-16(2)21-14-28-22-7-5-6-20(24(21)22)18-8-9-18/h5-7,14,16-19,28,31H,4,8-13,15H2,1-3H3. The van der Waals surface area contributed by atoms with Crippen molar-refractivity contribution in [3.05, 3.63) is 35.5 Å². The van der Waals surface area contributed by atoms with Gasteiger partial charge < -0.3 is 15.0 Å². The number of aliphatic hydroxyl groups is 1. The van der Waals surface area contributed by atoms with Gasteiger partial charge in [-0.25, -0.2) is 4.39 Å². The van der Waals surface area contributed by atoms with Gasteiger partial charge in [0, 0.05) is 54.9 Å². The fourth-order valence-electron chi connectivity index (χ4n) is 6.57. The van der Waals surface area contributed by atoms with E-state index in [0.29, 0.717) is 38.0 Å². The smallest absolute Gasteiger partial charge is 0.223 e. The lowest BCUT2D eigenvalue weighted by atomic mass is 9.67. The topological polar surface area (TPSA) is 56.3 Å². The number of hydrogen-bond acceptors (Lipinski definition) is 2. The number of carbonyl (C=O) groups is 1. The molecule has 1 saturated heterocycles. The Bertz CT molecular complexity index is 994. The minimum absolute atomic E-state index is 0.0825. The number of nitrogens with one attached hydrogen (secondary N) is 1. The first kappa shape index (κ1) is 21.0. The summed E-state index contributed by atoms with van der Waals surface area (Å²) in [7, 11) is 0. The predicted octanol–water partition coefficient (Wildman–Crippen LogP) is 5.56. The summed E-state index contributed by atoms with van der Waals surface area (Å²) < 4.78 is 15.5. The molecular formula is C26H35FN2O2. The molecule has 2 N–H and O–H groups in total. The zero-order chi connectivity index (χ0) is 22.0. The van der Waals surface area contributed by atoms with Gasteiger partial charge in [0.1, 0.15) is 5.67 Å². The van der Waals surface area contributed by atoms with Crippen molar-refractivity contribution >= 4 is 16.8 Å². The van der Waals surface area contributed by atoms with E-state index in [1.165, 1.54) is 29.4 Å². The third-order valence-corrected chi connectivity index (χ3v) is 8.14. The van der Waals surface area contributed by atoms with Gasteiger partial charge in [0.2, 0.25) is 5.91 Å². The Hall–Kier alpha value is -1.88. The molecule has 5 unspecified atom stereocenters. The number of likely N-dealkylation sites (tertiary alicyclic amines) is 1. The van der Waals surface area contributed by atoms with Crippen LogP contribution >= 0.6 is 0 Å². The van der Waals surface area contributed by atoms with Crippen molar-refractivity contribution in [1.29, 1.82) is 0 Å². The van der Waals surface area contributed by atoms with Crippen molar-refractivity contribution in [2.45, 2.75) is 107 Å². The lowest BCUT2D eigenvalue weighted by molar-refractivity contribution is -0.161. The maximum Gasteiger partial charge on any atom is 0.223 e. The molecule has 1 aliphatic heterocycles. The van der Waals surface area contributed by atoms with E-state index < -0.39 is 11.3 Å². The van der Waals surface area contributed by atoms with Crippen LogP contribution in [0, 0.1) is 0 Å². The lowest BCUT2D eigenvalue weighted by Crippen LogP contribution is -2.62. The van der Waals surface area contributed by atoms with Crippen LogP contribution in [0.1, 0.15) is 95.1 Å². The molecule has 2 saturated carbocycles.